The minimum Gasteiger partial charge on any atom is -0.497 e. The Morgan fingerprint density at radius 3 is 2.34 bits per heavy atom. The highest BCUT2D eigenvalue weighted by Gasteiger charge is 2.31. The van der Waals surface area contributed by atoms with Crippen molar-refractivity contribution in [2.45, 2.75) is 13.0 Å². The molecular weight excluding hydrogens is 490 g/mol. The lowest BCUT2D eigenvalue weighted by molar-refractivity contribution is 0.211. The fourth-order valence-electron chi connectivity index (χ4n) is 4.23. The highest BCUT2D eigenvalue weighted by Crippen LogP contribution is 2.40. The second-order valence-corrected chi connectivity index (χ2v) is 9.74. The van der Waals surface area contributed by atoms with Crippen LogP contribution in [0.4, 0.5) is 5.69 Å². The summed E-state index contributed by atoms with van der Waals surface area (Å²) >= 11 is 5.04. The molecule has 2 aromatic heterocycles. The molecular formula is C23H24BrN5O2S. The molecule has 0 aliphatic carbocycles. The maximum absolute atomic E-state index is 11.0. The maximum Gasteiger partial charge on any atom is 0.230 e. The van der Waals surface area contributed by atoms with Crippen LogP contribution in [0.25, 0.3) is 4.96 Å². The van der Waals surface area contributed by atoms with E-state index in [2.05, 4.69) is 60.1 Å². The van der Waals surface area contributed by atoms with E-state index in [9.17, 15) is 5.11 Å². The number of nitrogens with zero attached hydrogens (tertiary/aromatic N) is 5. The van der Waals surface area contributed by atoms with Crippen LogP contribution in [0.5, 0.6) is 11.6 Å². The Morgan fingerprint density at radius 1 is 1.03 bits per heavy atom. The summed E-state index contributed by atoms with van der Waals surface area (Å²) in [5.74, 6) is 1.70. The minimum absolute atomic E-state index is 0.0603. The third kappa shape index (κ3) is 3.96. The van der Waals surface area contributed by atoms with Gasteiger partial charge in [0.05, 0.1) is 18.0 Å². The molecule has 0 amide bonds. The molecule has 1 aliphatic heterocycles. The number of anilines is 1. The average molecular weight is 514 g/mol. The van der Waals surface area contributed by atoms with E-state index >= 15 is 0 Å². The third-order valence-electron chi connectivity index (χ3n) is 5.86. The van der Waals surface area contributed by atoms with E-state index in [0.29, 0.717) is 10.8 Å². The summed E-state index contributed by atoms with van der Waals surface area (Å²) in [5.41, 5.74) is 2.34. The highest BCUT2D eigenvalue weighted by atomic mass is 79.9. The maximum atomic E-state index is 11.0. The fourth-order valence-corrected chi connectivity index (χ4v) is 5.66. The van der Waals surface area contributed by atoms with Crippen LogP contribution in [0.2, 0.25) is 0 Å². The van der Waals surface area contributed by atoms with Gasteiger partial charge in [-0.1, -0.05) is 39.4 Å². The molecule has 166 valence electrons. The monoisotopic (exact) mass is 513 g/mol. The van der Waals surface area contributed by atoms with Crippen LogP contribution < -0.4 is 9.64 Å². The summed E-state index contributed by atoms with van der Waals surface area (Å²) in [5, 5.41) is 15.4. The molecule has 0 saturated carbocycles. The number of thiazole rings is 1. The zero-order chi connectivity index (χ0) is 22.2. The van der Waals surface area contributed by atoms with E-state index < -0.39 is 0 Å². The van der Waals surface area contributed by atoms with Crippen molar-refractivity contribution in [2.24, 2.45) is 0 Å². The van der Waals surface area contributed by atoms with E-state index in [0.717, 1.165) is 46.8 Å². The molecule has 7 nitrogen and oxygen atoms in total. The van der Waals surface area contributed by atoms with E-state index in [4.69, 9.17) is 4.74 Å². The quantitative estimate of drug-likeness (QED) is 0.424. The van der Waals surface area contributed by atoms with Gasteiger partial charge in [0.2, 0.25) is 10.8 Å². The van der Waals surface area contributed by atoms with Crippen molar-refractivity contribution in [3.63, 3.8) is 0 Å². The predicted octanol–water partition coefficient (Wildman–Crippen LogP) is 4.49. The number of ether oxygens (including phenoxy) is 1. The summed E-state index contributed by atoms with van der Waals surface area (Å²) in [7, 11) is 1.68. The number of benzene rings is 2. The highest BCUT2D eigenvalue weighted by molar-refractivity contribution is 9.10. The number of aromatic hydroxyl groups is 1. The SMILES string of the molecule is COc1ccc(N2CCN([C@H](c3ccc(Br)cc3)c3sc4nc(C)nn4c3O)CC2)cc1. The van der Waals surface area contributed by atoms with Crippen molar-refractivity contribution in [3.8, 4) is 11.6 Å². The summed E-state index contributed by atoms with van der Waals surface area (Å²) in [4.78, 5) is 10.9. The van der Waals surface area contributed by atoms with Gasteiger partial charge in [-0.15, -0.1) is 5.10 Å². The molecule has 4 aromatic rings. The summed E-state index contributed by atoms with van der Waals surface area (Å²) < 4.78 is 7.87. The second-order valence-electron chi connectivity index (χ2n) is 7.82. The Morgan fingerprint density at radius 2 is 1.72 bits per heavy atom. The van der Waals surface area contributed by atoms with Crippen LogP contribution in [0.1, 0.15) is 22.3 Å². The van der Waals surface area contributed by atoms with Gasteiger partial charge in [0, 0.05) is 36.3 Å². The molecule has 0 unspecified atom stereocenters. The lowest BCUT2D eigenvalue weighted by atomic mass is 10.0. The van der Waals surface area contributed by atoms with E-state index in [1.165, 1.54) is 17.0 Å². The topological polar surface area (TPSA) is 66.1 Å². The molecule has 5 rings (SSSR count). The molecule has 1 saturated heterocycles. The van der Waals surface area contributed by atoms with E-state index in [1.807, 2.05) is 31.2 Å². The van der Waals surface area contributed by atoms with Gasteiger partial charge >= 0.3 is 0 Å². The van der Waals surface area contributed by atoms with Gasteiger partial charge in [0.25, 0.3) is 0 Å². The molecule has 1 atom stereocenters. The average Bonchev–Trinajstić information content (AvgIpc) is 3.33. The Balaban J connectivity index is 1.44. The Labute approximate surface area is 199 Å². The van der Waals surface area contributed by atoms with Gasteiger partial charge < -0.3 is 14.7 Å². The van der Waals surface area contributed by atoms with Crippen molar-refractivity contribution < 1.29 is 9.84 Å². The predicted molar refractivity (Wildman–Crippen MR) is 130 cm³/mol. The van der Waals surface area contributed by atoms with Gasteiger partial charge in [-0.05, 0) is 48.9 Å². The molecule has 32 heavy (non-hydrogen) atoms. The molecule has 1 N–H and O–H groups in total. The van der Waals surface area contributed by atoms with Gasteiger partial charge in [-0.3, -0.25) is 4.90 Å². The van der Waals surface area contributed by atoms with E-state index in [1.54, 1.807) is 11.6 Å². The van der Waals surface area contributed by atoms with Crippen LogP contribution in [0.3, 0.4) is 0 Å². The Kier molecular flexibility index (Phi) is 5.79. The fraction of sp³-hybridized carbons (Fsp3) is 0.304. The first-order chi connectivity index (χ1) is 15.5. The number of aryl methyl sites for hydroxylation is 1. The van der Waals surface area contributed by atoms with Gasteiger partial charge in [0.1, 0.15) is 11.6 Å². The van der Waals surface area contributed by atoms with E-state index in [-0.39, 0.29) is 11.9 Å². The Bertz CT molecular complexity index is 1210. The number of piperazine rings is 1. The molecule has 9 heteroatoms. The second kappa shape index (κ2) is 8.73. The summed E-state index contributed by atoms with van der Waals surface area (Å²) in [6.07, 6.45) is 0. The standard InChI is InChI=1S/C23H24BrN5O2S/c1-15-25-23-29(26-15)22(30)21(32-23)20(16-3-5-17(24)6-4-16)28-13-11-27(12-14-28)18-7-9-19(31-2)10-8-18/h3-10,20,30H,11-14H2,1-2H3/t20-/m1/s1. The van der Waals surface area contributed by atoms with Crippen LogP contribution in [0, 0.1) is 6.92 Å². The number of fused-ring (bicyclic) bond motifs is 1. The lowest BCUT2D eigenvalue weighted by Crippen LogP contribution is -2.47. The Hall–Kier alpha value is -2.62. The van der Waals surface area contributed by atoms with Crippen molar-refractivity contribution in [1.29, 1.82) is 0 Å². The molecule has 2 aromatic carbocycles. The number of halogens is 1. The zero-order valence-corrected chi connectivity index (χ0v) is 20.3. The van der Waals surface area contributed by atoms with Crippen molar-refractivity contribution >= 4 is 37.9 Å². The molecule has 3 heterocycles. The first-order valence-corrected chi connectivity index (χ1v) is 12.1. The van der Waals surface area contributed by atoms with Crippen LogP contribution >= 0.6 is 27.3 Å². The third-order valence-corrected chi connectivity index (χ3v) is 7.46. The number of hydrogen-bond donors (Lipinski definition) is 1. The molecule has 0 bridgehead atoms. The van der Waals surface area contributed by atoms with Gasteiger partial charge in [-0.2, -0.15) is 4.52 Å². The van der Waals surface area contributed by atoms with Crippen LogP contribution in [0.15, 0.2) is 53.0 Å². The van der Waals surface area contributed by atoms with Crippen molar-refractivity contribution in [3.05, 3.63) is 69.3 Å². The lowest BCUT2D eigenvalue weighted by Gasteiger charge is -2.40. The minimum atomic E-state index is -0.0603. The van der Waals surface area contributed by atoms with Crippen molar-refractivity contribution in [2.75, 3.05) is 38.2 Å². The summed E-state index contributed by atoms with van der Waals surface area (Å²) in [6.45, 7) is 5.39. The smallest absolute Gasteiger partial charge is 0.230 e. The van der Waals surface area contributed by atoms with Crippen LogP contribution in [-0.2, 0) is 0 Å². The van der Waals surface area contributed by atoms with Crippen molar-refractivity contribution in [1.82, 2.24) is 19.5 Å². The first kappa shape index (κ1) is 21.2. The number of rotatable bonds is 5. The molecule has 1 fully saturated rings. The zero-order valence-electron chi connectivity index (χ0n) is 17.9. The van der Waals surface area contributed by atoms with Gasteiger partial charge in [-0.25, -0.2) is 4.98 Å². The molecule has 0 spiro atoms. The number of methoxy groups -OCH3 is 1. The summed E-state index contributed by atoms with van der Waals surface area (Å²) in [6, 6.07) is 16.5. The molecule has 0 radical (unpaired) electrons. The number of hydrogen-bond acceptors (Lipinski definition) is 7. The molecule has 1 aliphatic rings. The van der Waals surface area contributed by atoms with Gasteiger partial charge in [0.15, 0.2) is 0 Å². The van der Waals surface area contributed by atoms with Crippen LogP contribution in [-0.4, -0.2) is 57.9 Å². The largest absolute Gasteiger partial charge is 0.497 e. The first-order valence-electron chi connectivity index (χ1n) is 10.5. The normalized spacial score (nSPS) is 15.9. The number of aromatic nitrogens is 3.